The fourth-order valence-corrected chi connectivity index (χ4v) is 3.54. The Labute approximate surface area is 171 Å². The second-order valence-electron chi connectivity index (χ2n) is 6.98. The van der Waals surface area contributed by atoms with E-state index in [4.69, 9.17) is 16.3 Å². The Bertz CT molecular complexity index is 987. The van der Waals surface area contributed by atoms with Crippen molar-refractivity contribution >= 4 is 17.6 Å². The summed E-state index contributed by atoms with van der Waals surface area (Å²) >= 11 is 6.07. The third kappa shape index (κ3) is 4.00. The number of nitrogens with zero attached hydrogens (tertiary/aromatic N) is 1. The van der Waals surface area contributed by atoms with Gasteiger partial charge in [-0.25, -0.2) is 4.79 Å². The van der Waals surface area contributed by atoms with Crippen molar-refractivity contribution in [1.82, 2.24) is 4.57 Å². The topological polar surface area (TPSA) is 31.2 Å². The molecule has 0 aliphatic heterocycles. The van der Waals surface area contributed by atoms with Gasteiger partial charge in [0.05, 0.1) is 12.2 Å². The molecule has 0 saturated heterocycles. The fourth-order valence-electron chi connectivity index (χ4n) is 3.41. The Morgan fingerprint density at radius 3 is 2.36 bits per heavy atom. The van der Waals surface area contributed by atoms with Crippen LogP contribution >= 0.6 is 11.6 Å². The zero-order chi connectivity index (χ0) is 20.3. The van der Waals surface area contributed by atoms with Gasteiger partial charge in [-0.3, -0.25) is 0 Å². The zero-order valence-electron chi connectivity index (χ0n) is 16.9. The maximum Gasteiger partial charge on any atom is 0.340 e. The molecule has 4 heteroatoms. The number of carbonyl (C=O) groups is 1. The number of benzene rings is 2. The fraction of sp³-hybridized carbons (Fsp3) is 0.292. The molecular formula is C24H26ClNO2. The van der Waals surface area contributed by atoms with Crippen LogP contribution in [0, 0.1) is 13.8 Å². The van der Waals surface area contributed by atoms with E-state index in [-0.39, 0.29) is 5.97 Å². The van der Waals surface area contributed by atoms with E-state index in [1.54, 1.807) is 0 Å². The van der Waals surface area contributed by atoms with E-state index in [0.717, 1.165) is 35.3 Å². The third-order valence-electron chi connectivity index (χ3n) is 5.00. The van der Waals surface area contributed by atoms with Crippen LogP contribution < -0.4 is 0 Å². The lowest BCUT2D eigenvalue weighted by Crippen LogP contribution is -2.10. The van der Waals surface area contributed by atoms with E-state index in [2.05, 4.69) is 43.5 Å². The zero-order valence-corrected chi connectivity index (χ0v) is 17.6. The van der Waals surface area contributed by atoms with Crippen LogP contribution in [0.25, 0.3) is 16.8 Å². The summed E-state index contributed by atoms with van der Waals surface area (Å²) in [5.74, 6) is -0.279. The van der Waals surface area contributed by atoms with Crippen molar-refractivity contribution in [1.29, 1.82) is 0 Å². The molecule has 3 aromatic rings. The molecule has 3 nitrogen and oxygen atoms in total. The smallest absolute Gasteiger partial charge is 0.340 e. The Kier molecular flexibility index (Phi) is 6.25. The predicted molar refractivity (Wildman–Crippen MR) is 116 cm³/mol. The van der Waals surface area contributed by atoms with Gasteiger partial charge in [-0.2, -0.15) is 0 Å². The first-order valence-electron chi connectivity index (χ1n) is 9.71. The quantitative estimate of drug-likeness (QED) is 0.443. The molecule has 0 bridgehead atoms. The highest BCUT2D eigenvalue weighted by Crippen LogP contribution is 2.33. The Morgan fingerprint density at radius 2 is 1.75 bits per heavy atom. The molecule has 0 aliphatic carbocycles. The van der Waals surface area contributed by atoms with E-state index in [1.165, 1.54) is 11.1 Å². The van der Waals surface area contributed by atoms with Gasteiger partial charge in [-0.15, -0.1) is 0 Å². The summed E-state index contributed by atoms with van der Waals surface area (Å²) in [6.07, 6.45) is 3.76. The van der Waals surface area contributed by atoms with Crippen molar-refractivity contribution in [3.8, 4) is 16.8 Å². The molecule has 0 atom stereocenters. The van der Waals surface area contributed by atoms with Crippen LogP contribution in [-0.2, 0) is 11.2 Å². The van der Waals surface area contributed by atoms with Gasteiger partial charge >= 0.3 is 5.97 Å². The lowest BCUT2D eigenvalue weighted by atomic mass is 10.0. The molecule has 0 spiro atoms. The normalized spacial score (nSPS) is 10.9. The molecule has 0 N–H and O–H groups in total. The summed E-state index contributed by atoms with van der Waals surface area (Å²) in [4.78, 5) is 12.9. The summed E-state index contributed by atoms with van der Waals surface area (Å²) in [5, 5.41) is 0.670. The highest BCUT2D eigenvalue weighted by Gasteiger charge is 2.24. The van der Waals surface area contributed by atoms with Crippen LogP contribution in [0.15, 0.2) is 48.7 Å². The van der Waals surface area contributed by atoms with Crippen LogP contribution in [0.3, 0.4) is 0 Å². The molecular weight excluding hydrogens is 370 g/mol. The summed E-state index contributed by atoms with van der Waals surface area (Å²) in [7, 11) is 0. The Hall–Kier alpha value is -2.52. The maximum atomic E-state index is 12.9. The largest absolute Gasteiger partial charge is 0.462 e. The Balaban J connectivity index is 2.27. The van der Waals surface area contributed by atoms with Crippen molar-refractivity contribution < 1.29 is 9.53 Å². The van der Waals surface area contributed by atoms with E-state index in [1.807, 2.05) is 37.4 Å². The van der Waals surface area contributed by atoms with Gasteiger partial charge in [-0.1, -0.05) is 43.1 Å². The second-order valence-corrected chi connectivity index (χ2v) is 7.42. The van der Waals surface area contributed by atoms with E-state index < -0.39 is 0 Å². The lowest BCUT2D eigenvalue weighted by molar-refractivity contribution is 0.0526. The minimum Gasteiger partial charge on any atom is -0.462 e. The maximum absolute atomic E-state index is 12.9. The average molecular weight is 396 g/mol. The molecule has 2 aromatic carbocycles. The van der Waals surface area contributed by atoms with Gasteiger partial charge in [0, 0.05) is 28.2 Å². The number of halogens is 1. The predicted octanol–water partition coefficient (Wildman–Crippen LogP) is 6.54. The van der Waals surface area contributed by atoms with Gasteiger partial charge in [0.1, 0.15) is 0 Å². The molecule has 1 aromatic heterocycles. The SMILES string of the molecule is CCCc1c(C(=O)OCC)c(-c2ccc(Cl)cc2)cn1-c1ccc(C)c(C)c1. The number of ether oxygens (including phenoxy) is 1. The van der Waals surface area contributed by atoms with E-state index in [9.17, 15) is 4.79 Å². The number of hydrogen-bond donors (Lipinski definition) is 0. The van der Waals surface area contributed by atoms with Gasteiger partial charge < -0.3 is 9.30 Å². The highest BCUT2D eigenvalue weighted by atomic mass is 35.5. The van der Waals surface area contributed by atoms with Gasteiger partial charge in [0.2, 0.25) is 0 Å². The molecule has 0 amide bonds. The van der Waals surface area contributed by atoms with Crippen molar-refractivity contribution in [2.45, 2.75) is 40.5 Å². The molecule has 0 radical (unpaired) electrons. The van der Waals surface area contributed by atoms with Crippen molar-refractivity contribution in [2.75, 3.05) is 6.61 Å². The van der Waals surface area contributed by atoms with Crippen molar-refractivity contribution in [2.24, 2.45) is 0 Å². The molecule has 0 unspecified atom stereocenters. The first-order chi connectivity index (χ1) is 13.5. The number of hydrogen-bond acceptors (Lipinski definition) is 2. The standard InChI is InChI=1S/C24H26ClNO2/c1-5-7-22-23(24(27)28-6-2)21(18-9-11-19(25)12-10-18)15-26(22)20-13-8-16(3)17(4)14-20/h8-15H,5-7H2,1-4H3. The number of aromatic nitrogens is 1. The third-order valence-corrected chi connectivity index (χ3v) is 5.25. The number of rotatable bonds is 6. The van der Waals surface area contributed by atoms with E-state index in [0.29, 0.717) is 17.2 Å². The van der Waals surface area contributed by atoms with Crippen molar-refractivity contribution in [3.05, 3.63) is 76.1 Å². The average Bonchev–Trinajstić information content (AvgIpc) is 3.04. The summed E-state index contributed by atoms with van der Waals surface area (Å²) in [5.41, 5.74) is 6.97. The van der Waals surface area contributed by atoms with Gasteiger partial charge in [0.25, 0.3) is 0 Å². The summed E-state index contributed by atoms with van der Waals surface area (Å²) < 4.78 is 7.55. The van der Waals surface area contributed by atoms with Crippen LogP contribution in [0.5, 0.6) is 0 Å². The first-order valence-corrected chi connectivity index (χ1v) is 10.1. The Morgan fingerprint density at radius 1 is 1.04 bits per heavy atom. The number of carbonyl (C=O) groups excluding carboxylic acids is 1. The monoisotopic (exact) mass is 395 g/mol. The second kappa shape index (κ2) is 8.66. The summed E-state index contributed by atoms with van der Waals surface area (Å²) in [6.45, 7) is 8.51. The lowest BCUT2D eigenvalue weighted by Gasteiger charge is -2.12. The summed E-state index contributed by atoms with van der Waals surface area (Å²) in [6, 6.07) is 14.0. The number of esters is 1. The van der Waals surface area contributed by atoms with Crippen molar-refractivity contribution in [3.63, 3.8) is 0 Å². The first kappa shape index (κ1) is 20.2. The number of aryl methyl sites for hydroxylation is 2. The molecule has 0 fully saturated rings. The van der Waals surface area contributed by atoms with Crippen LogP contribution in [0.2, 0.25) is 5.02 Å². The minimum atomic E-state index is -0.279. The molecule has 0 aliphatic rings. The van der Waals surface area contributed by atoms with Crippen LogP contribution in [0.4, 0.5) is 0 Å². The van der Waals surface area contributed by atoms with Gasteiger partial charge in [-0.05, 0) is 68.1 Å². The molecule has 146 valence electrons. The highest BCUT2D eigenvalue weighted by molar-refractivity contribution is 6.30. The van der Waals surface area contributed by atoms with Crippen LogP contribution in [-0.4, -0.2) is 17.1 Å². The van der Waals surface area contributed by atoms with Gasteiger partial charge in [0.15, 0.2) is 0 Å². The molecule has 0 saturated carbocycles. The molecule has 1 heterocycles. The molecule has 3 rings (SSSR count). The minimum absolute atomic E-state index is 0.279. The van der Waals surface area contributed by atoms with Crippen LogP contribution in [0.1, 0.15) is 47.4 Å². The van der Waals surface area contributed by atoms with E-state index >= 15 is 0 Å². The molecule has 28 heavy (non-hydrogen) atoms.